The van der Waals surface area contributed by atoms with E-state index in [1.165, 1.54) is 33.3 Å². The molecule has 3 nitrogen and oxygen atoms in total. The average Bonchev–Trinajstić information content (AvgIpc) is 2.96. The average molecular weight is 331 g/mol. The third-order valence-corrected chi connectivity index (χ3v) is 5.20. The second kappa shape index (κ2) is 6.85. The van der Waals surface area contributed by atoms with E-state index in [1.54, 1.807) is 0 Å². The van der Waals surface area contributed by atoms with E-state index in [9.17, 15) is 0 Å². The monoisotopic (exact) mass is 331 g/mol. The standard InChI is InChI=1S/C22H25N3/c1-3-5-18-6-4-7-21-22(18)19-15-23-12-10-20(19)25(21)13-11-17-9-8-16(2)24-14-17/h3-4,6-9,14,23H,1,5,10-13,15H2,2H3. The molecule has 25 heavy (non-hydrogen) atoms. The normalized spacial score (nSPS) is 13.8. The second-order valence-corrected chi connectivity index (χ2v) is 6.87. The highest BCUT2D eigenvalue weighted by atomic mass is 15.0. The molecule has 3 heteroatoms. The molecule has 1 N–H and O–H groups in total. The molecule has 3 heterocycles. The Hall–Kier alpha value is -2.39. The summed E-state index contributed by atoms with van der Waals surface area (Å²) >= 11 is 0. The van der Waals surface area contributed by atoms with Crippen molar-refractivity contribution in [1.82, 2.24) is 14.9 Å². The molecule has 0 radical (unpaired) electrons. The van der Waals surface area contributed by atoms with Crippen molar-refractivity contribution in [2.45, 2.75) is 39.3 Å². The lowest BCUT2D eigenvalue weighted by Crippen LogP contribution is -2.25. The van der Waals surface area contributed by atoms with Crippen LogP contribution in [0.4, 0.5) is 0 Å². The van der Waals surface area contributed by atoms with Gasteiger partial charge in [0.2, 0.25) is 0 Å². The van der Waals surface area contributed by atoms with E-state index >= 15 is 0 Å². The molecule has 0 saturated carbocycles. The molecule has 1 aromatic carbocycles. The maximum absolute atomic E-state index is 4.44. The Balaban J connectivity index is 1.76. The van der Waals surface area contributed by atoms with E-state index in [-0.39, 0.29) is 0 Å². The Kier molecular flexibility index (Phi) is 4.41. The second-order valence-electron chi connectivity index (χ2n) is 6.87. The molecule has 0 fully saturated rings. The maximum Gasteiger partial charge on any atom is 0.0488 e. The van der Waals surface area contributed by atoms with Gasteiger partial charge in [0.25, 0.3) is 0 Å². The van der Waals surface area contributed by atoms with Gasteiger partial charge in [-0.05, 0) is 48.6 Å². The lowest BCUT2D eigenvalue weighted by atomic mass is 10.00. The number of aromatic nitrogens is 2. The molecule has 3 aromatic rings. The largest absolute Gasteiger partial charge is 0.344 e. The topological polar surface area (TPSA) is 29.9 Å². The van der Waals surface area contributed by atoms with Crippen LogP contribution in [0.15, 0.2) is 49.2 Å². The summed E-state index contributed by atoms with van der Waals surface area (Å²) in [4.78, 5) is 4.44. The molecule has 0 spiro atoms. The molecule has 1 aliphatic rings. The summed E-state index contributed by atoms with van der Waals surface area (Å²) in [5, 5.41) is 4.98. The Bertz CT molecular complexity index is 903. The summed E-state index contributed by atoms with van der Waals surface area (Å²) in [6, 6.07) is 11.0. The van der Waals surface area contributed by atoms with E-state index in [0.29, 0.717) is 0 Å². The minimum Gasteiger partial charge on any atom is -0.344 e. The number of allylic oxidation sites excluding steroid dienone is 1. The number of nitrogens with one attached hydrogen (secondary N) is 1. The number of hydrogen-bond acceptors (Lipinski definition) is 2. The van der Waals surface area contributed by atoms with Crippen LogP contribution in [0.25, 0.3) is 10.9 Å². The predicted molar refractivity (Wildman–Crippen MR) is 104 cm³/mol. The smallest absolute Gasteiger partial charge is 0.0488 e. The van der Waals surface area contributed by atoms with Gasteiger partial charge in [-0.25, -0.2) is 0 Å². The van der Waals surface area contributed by atoms with E-state index in [0.717, 1.165) is 44.6 Å². The summed E-state index contributed by atoms with van der Waals surface area (Å²) in [6.07, 6.45) is 7.06. The molecule has 128 valence electrons. The molecule has 0 unspecified atom stereocenters. The number of benzene rings is 1. The van der Waals surface area contributed by atoms with E-state index < -0.39 is 0 Å². The summed E-state index contributed by atoms with van der Waals surface area (Å²) in [5.41, 5.74) is 8.13. The van der Waals surface area contributed by atoms with Gasteiger partial charge < -0.3 is 9.88 Å². The number of rotatable bonds is 5. The van der Waals surface area contributed by atoms with Crippen LogP contribution in [0.3, 0.4) is 0 Å². The van der Waals surface area contributed by atoms with Crippen molar-refractivity contribution in [3.63, 3.8) is 0 Å². The molecule has 4 rings (SSSR count). The fraction of sp³-hybridized carbons (Fsp3) is 0.318. The first kappa shape index (κ1) is 16.1. The Morgan fingerprint density at radius 1 is 1.28 bits per heavy atom. The summed E-state index contributed by atoms with van der Waals surface area (Å²) < 4.78 is 2.54. The number of hydrogen-bond donors (Lipinski definition) is 1. The molecule has 1 aliphatic heterocycles. The first-order valence-electron chi connectivity index (χ1n) is 9.13. The molecule has 0 amide bonds. The van der Waals surface area contributed by atoms with Crippen molar-refractivity contribution in [2.24, 2.45) is 0 Å². The van der Waals surface area contributed by atoms with Crippen LogP contribution in [-0.4, -0.2) is 16.1 Å². The van der Waals surface area contributed by atoms with E-state index in [2.05, 4.69) is 51.8 Å². The fourth-order valence-corrected chi connectivity index (χ4v) is 3.98. The lowest BCUT2D eigenvalue weighted by Gasteiger charge is -2.17. The van der Waals surface area contributed by atoms with Gasteiger partial charge in [-0.1, -0.05) is 24.3 Å². The highest BCUT2D eigenvalue weighted by Gasteiger charge is 2.21. The molecule has 0 bridgehead atoms. The minimum absolute atomic E-state index is 0.926. The van der Waals surface area contributed by atoms with Gasteiger partial charge in [0.05, 0.1) is 0 Å². The quantitative estimate of drug-likeness (QED) is 0.717. The number of aryl methyl sites for hydroxylation is 3. The van der Waals surface area contributed by atoms with Gasteiger partial charge in [0.15, 0.2) is 0 Å². The van der Waals surface area contributed by atoms with Crippen LogP contribution in [0.2, 0.25) is 0 Å². The van der Waals surface area contributed by atoms with Gasteiger partial charge in [-0.2, -0.15) is 0 Å². The first-order chi connectivity index (χ1) is 12.3. The summed E-state index contributed by atoms with van der Waals surface area (Å²) in [6.45, 7) is 9.01. The highest BCUT2D eigenvalue weighted by molar-refractivity contribution is 5.89. The van der Waals surface area contributed by atoms with Crippen molar-refractivity contribution in [2.75, 3.05) is 6.54 Å². The van der Waals surface area contributed by atoms with Crippen LogP contribution in [0.1, 0.15) is 28.1 Å². The molecule has 2 aromatic heterocycles. The van der Waals surface area contributed by atoms with Crippen molar-refractivity contribution in [3.8, 4) is 0 Å². The van der Waals surface area contributed by atoms with Gasteiger partial charge in [0.1, 0.15) is 0 Å². The van der Waals surface area contributed by atoms with Gasteiger partial charge >= 0.3 is 0 Å². The first-order valence-corrected chi connectivity index (χ1v) is 9.13. The van der Waals surface area contributed by atoms with Crippen molar-refractivity contribution in [1.29, 1.82) is 0 Å². The van der Waals surface area contributed by atoms with Crippen molar-refractivity contribution in [3.05, 3.63) is 77.3 Å². The van der Waals surface area contributed by atoms with Crippen LogP contribution in [-0.2, 0) is 32.4 Å². The van der Waals surface area contributed by atoms with Crippen molar-refractivity contribution >= 4 is 10.9 Å². The Morgan fingerprint density at radius 3 is 3.00 bits per heavy atom. The minimum atomic E-state index is 0.926. The fourth-order valence-electron chi connectivity index (χ4n) is 3.98. The summed E-state index contributed by atoms with van der Waals surface area (Å²) in [5.74, 6) is 0. The zero-order valence-electron chi connectivity index (χ0n) is 14.9. The van der Waals surface area contributed by atoms with Gasteiger partial charge in [-0.15, -0.1) is 6.58 Å². The molecular weight excluding hydrogens is 306 g/mol. The number of nitrogens with zero attached hydrogens (tertiary/aromatic N) is 2. The van der Waals surface area contributed by atoms with Crippen LogP contribution >= 0.6 is 0 Å². The summed E-state index contributed by atoms with van der Waals surface area (Å²) in [7, 11) is 0. The van der Waals surface area contributed by atoms with Gasteiger partial charge in [-0.3, -0.25) is 4.98 Å². The van der Waals surface area contributed by atoms with Crippen LogP contribution in [0.5, 0.6) is 0 Å². The van der Waals surface area contributed by atoms with Crippen LogP contribution < -0.4 is 5.32 Å². The van der Waals surface area contributed by atoms with Crippen molar-refractivity contribution < 1.29 is 0 Å². The number of fused-ring (bicyclic) bond motifs is 3. The molecular formula is C22H25N3. The Morgan fingerprint density at radius 2 is 2.20 bits per heavy atom. The zero-order valence-corrected chi connectivity index (χ0v) is 14.9. The molecule has 0 saturated heterocycles. The highest BCUT2D eigenvalue weighted by Crippen LogP contribution is 2.32. The van der Waals surface area contributed by atoms with E-state index in [4.69, 9.17) is 0 Å². The predicted octanol–water partition coefficient (Wildman–Crippen LogP) is 3.96. The zero-order chi connectivity index (χ0) is 17.2. The molecule has 0 aliphatic carbocycles. The third kappa shape index (κ3) is 3.00. The Labute approximate surface area is 149 Å². The third-order valence-electron chi connectivity index (χ3n) is 5.20. The lowest BCUT2D eigenvalue weighted by molar-refractivity contribution is 0.594. The van der Waals surface area contributed by atoms with Gasteiger partial charge in [0, 0.05) is 54.5 Å². The maximum atomic E-state index is 4.44. The van der Waals surface area contributed by atoms with Crippen LogP contribution in [0, 0.1) is 6.92 Å². The number of pyridine rings is 1. The SMILES string of the molecule is C=CCc1cccc2c1c1c(n2CCc2ccc(C)nc2)CCNC1. The van der Waals surface area contributed by atoms with E-state index in [1.807, 2.05) is 19.2 Å². The molecule has 0 atom stereocenters.